The monoisotopic (exact) mass is 196 g/mol. The van der Waals surface area contributed by atoms with Crippen LogP contribution in [0, 0.1) is 0 Å². The molecule has 2 aliphatic rings. The number of hydrogen-bond donors (Lipinski definition) is 0. The van der Waals surface area contributed by atoms with Crippen molar-refractivity contribution in [2.45, 2.75) is 45.2 Å². The number of carbonyl (C=O) groups is 1. The van der Waals surface area contributed by atoms with E-state index in [4.69, 9.17) is 0 Å². The quantitative estimate of drug-likeness (QED) is 0.660. The highest BCUT2D eigenvalue weighted by atomic mass is 16.2. The van der Waals surface area contributed by atoms with Crippen LogP contribution in [0.2, 0.25) is 0 Å². The Morgan fingerprint density at radius 2 is 2.07 bits per heavy atom. The van der Waals surface area contributed by atoms with Gasteiger partial charge in [0.05, 0.1) is 5.54 Å². The maximum atomic E-state index is 11.6. The highest BCUT2D eigenvalue weighted by Crippen LogP contribution is 2.40. The van der Waals surface area contributed by atoms with Crippen LogP contribution in [-0.2, 0) is 4.79 Å². The van der Waals surface area contributed by atoms with Gasteiger partial charge in [0.2, 0.25) is 5.91 Å². The molecule has 0 N–H and O–H groups in total. The van der Waals surface area contributed by atoms with E-state index in [0.717, 1.165) is 19.6 Å². The summed E-state index contributed by atoms with van der Waals surface area (Å²) in [6.45, 7) is 9.56. The van der Waals surface area contributed by atoms with Crippen LogP contribution in [0.15, 0.2) is 0 Å². The first-order valence-corrected chi connectivity index (χ1v) is 5.63. The molecule has 2 fully saturated rings. The Balaban J connectivity index is 1.92. The molecular formula is C11H20N2O. The van der Waals surface area contributed by atoms with Crippen molar-refractivity contribution in [2.75, 3.05) is 19.6 Å². The zero-order valence-electron chi connectivity index (χ0n) is 9.42. The lowest BCUT2D eigenvalue weighted by molar-refractivity contribution is -0.169. The Morgan fingerprint density at radius 3 is 2.43 bits per heavy atom. The lowest BCUT2D eigenvalue weighted by Gasteiger charge is -2.63. The molecule has 14 heavy (non-hydrogen) atoms. The maximum absolute atomic E-state index is 11.6. The number of amides is 1. The normalized spacial score (nSPS) is 25.0. The van der Waals surface area contributed by atoms with Crippen molar-refractivity contribution >= 4 is 5.91 Å². The van der Waals surface area contributed by atoms with E-state index in [9.17, 15) is 4.79 Å². The Morgan fingerprint density at radius 1 is 1.43 bits per heavy atom. The zero-order chi connectivity index (χ0) is 10.3. The predicted octanol–water partition coefficient (Wildman–Crippen LogP) is 1.09. The van der Waals surface area contributed by atoms with Gasteiger partial charge in [-0.3, -0.25) is 9.69 Å². The standard InChI is InChI=1S/C11H20N2O/c1-4-10(14)13-6-5-11(13)7-12(8-11)9(2)3/h9H,4-8H2,1-3H3. The molecule has 1 spiro atoms. The van der Waals surface area contributed by atoms with Gasteiger partial charge in [-0.2, -0.15) is 0 Å². The fraction of sp³-hybridized carbons (Fsp3) is 0.909. The minimum absolute atomic E-state index is 0.247. The van der Waals surface area contributed by atoms with Crippen molar-refractivity contribution in [3.8, 4) is 0 Å². The number of hydrogen-bond acceptors (Lipinski definition) is 2. The molecule has 0 aliphatic carbocycles. The Labute approximate surface area is 86.1 Å². The minimum Gasteiger partial charge on any atom is -0.334 e. The van der Waals surface area contributed by atoms with E-state index in [-0.39, 0.29) is 5.54 Å². The molecule has 0 saturated carbocycles. The molecule has 3 heteroatoms. The molecule has 80 valence electrons. The average molecular weight is 196 g/mol. The predicted molar refractivity (Wildman–Crippen MR) is 56.1 cm³/mol. The van der Waals surface area contributed by atoms with Gasteiger partial charge in [0, 0.05) is 32.1 Å². The van der Waals surface area contributed by atoms with E-state index in [1.807, 2.05) is 6.92 Å². The van der Waals surface area contributed by atoms with Crippen molar-refractivity contribution in [2.24, 2.45) is 0 Å². The summed E-state index contributed by atoms with van der Waals surface area (Å²) in [5.74, 6) is 0.333. The van der Waals surface area contributed by atoms with Crippen LogP contribution in [0.4, 0.5) is 0 Å². The number of nitrogens with zero attached hydrogens (tertiary/aromatic N) is 2. The second kappa shape index (κ2) is 3.23. The summed E-state index contributed by atoms with van der Waals surface area (Å²) in [6, 6.07) is 0.625. The van der Waals surface area contributed by atoms with E-state index in [1.54, 1.807) is 0 Å². The van der Waals surface area contributed by atoms with Gasteiger partial charge in [0.1, 0.15) is 0 Å². The van der Waals surface area contributed by atoms with Crippen molar-refractivity contribution in [3.05, 3.63) is 0 Å². The van der Waals surface area contributed by atoms with Gasteiger partial charge in [-0.25, -0.2) is 0 Å². The van der Waals surface area contributed by atoms with Crippen LogP contribution >= 0.6 is 0 Å². The number of rotatable bonds is 2. The molecule has 2 aliphatic heterocycles. The van der Waals surface area contributed by atoms with Crippen molar-refractivity contribution in [1.29, 1.82) is 0 Å². The smallest absolute Gasteiger partial charge is 0.222 e. The van der Waals surface area contributed by atoms with Crippen LogP contribution in [0.1, 0.15) is 33.6 Å². The summed E-state index contributed by atoms with van der Waals surface area (Å²) < 4.78 is 0. The van der Waals surface area contributed by atoms with E-state index in [2.05, 4.69) is 23.6 Å². The van der Waals surface area contributed by atoms with Crippen molar-refractivity contribution < 1.29 is 4.79 Å². The second-order valence-electron chi connectivity index (χ2n) is 4.87. The molecule has 0 atom stereocenters. The maximum Gasteiger partial charge on any atom is 0.222 e. The van der Waals surface area contributed by atoms with Gasteiger partial charge in [-0.15, -0.1) is 0 Å². The van der Waals surface area contributed by atoms with E-state index < -0.39 is 0 Å². The lowest BCUT2D eigenvalue weighted by Crippen LogP contribution is -2.78. The van der Waals surface area contributed by atoms with Gasteiger partial charge in [-0.05, 0) is 20.3 Å². The summed E-state index contributed by atoms with van der Waals surface area (Å²) >= 11 is 0. The topological polar surface area (TPSA) is 23.6 Å². The van der Waals surface area contributed by atoms with E-state index in [0.29, 0.717) is 18.4 Å². The average Bonchev–Trinajstić information content (AvgIpc) is 1.99. The number of carbonyl (C=O) groups excluding carboxylic acids is 1. The molecule has 0 bridgehead atoms. The Kier molecular flexibility index (Phi) is 2.30. The fourth-order valence-corrected chi connectivity index (χ4v) is 2.52. The molecule has 2 saturated heterocycles. The molecule has 1 amide bonds. The third-order valence-electron chi connectivity index (χ3n) is 3.70. The van der Waals surface area contributed by atoms with Crippen LogP contribution in [0.25, 0.3) is 0 Å². The third kappa shape index (κ3) is 1.26. The minimum atomic E-state index is 0.247. The molecule has 0 aromatic carbocycles. The van der Waals surface area contributed by atoms with Crippen LogP contribution in [-0.4, -0.2) is 46.9 Å². The fourth-order valence-electron chi connectivity index (χ4n) is 2.52. The first-order chi connectivity index (χ1) is 6.59. The third-order valence-corrected chi connectivity index (χ3v) is 3.70. The molecule has 0 unspecified atom stereocenters. The summed E-state index contributed by atoms with van der Waals surface area (Å²) in [5, 5.41) is 0. The summed E-state index contributed by atoms with van der Waals surface area (Å²) in [5.41, 5.74) is 0.247. The van der Waals surface area contributed by atoms with Crippen LogP contribution in [0.5, 0.6) is 0 Å². The zero-order valence-corrected chi connectivity index (χ0v) is 9.42. The highest BCUT2D eigenvalue weighted by Gasteiger charge is 2.54. The SMILES string of the molecule is CCC(=O)N1CCC12CN(C(C)C)C2. The van der Waals surface area contributed by atoms with E-state index in [1.165, 1.54) is 6.42 Å². The van der Waals surface area contributed by atoms with Crippen LogP contribution in [0.3, 0.4) is 0 Å². The van der Waals surface area contributed by atoms with Gasteiger partial charge >= 0.3 is 0 Å². The van der Waals surface area contributed by atoms with Gasteiger partial charge in [0.25, 0.3) is 0 Å². The molecule has 2 rings (SSSR count). The summed E-state index contributed by atoms with van der Waals surface area (Å²) in [4.78, 5) is 16.1. The first kappa shape index (κ1) is 9.97. The second-order valence-corrected chi connectivity index (χ2v) is 4.87. The van der Waals surface area contributed by atoms with E-state index >= 15 is 0 Å². The molecule has 0 radical (unpaired) electrons. The largest absolute Gasteiger partial charge is 0.334 e. The van der Waals surface area contributed by atoms with Gasteiger partial charge in [0.15, 0.2) is 0 Å². The van der Waals surface area contributed by atoms with Crippen molar-refractivity contribution in [1.82, 2.24) is 9.80 Å². The Hall–Kier alpha value is -0.570. The highest BCUT2D eigenvalue weighted by molar-refractivity contribution is 5.78. The molecule has 0 aromatic rings. The summed E-state index contributed by atoms with van der Waals surface area (Å²) in [6.07, 6.45) is 1.87. The molecule has 0 aromatic heterocycles. The molecular weight excluding hydrogens is 176 g/mol. The lowest BCUT2D eigenvalue weighted by atomic mass is 9.76. The van der Waals surface area contributed by atoms with Crippen molar-refractivity contribution in [3.63, 3.8) is 0 Å². The first-order valence-electron chi connectivity index (χ1n) is 5.63. The molecule has 2 heterocycles. The van der Waals surface area contributed by atoms with Gasteiger partial charge in [-0.1, -0.05) is 6.92 Å². The van der Waals surface area contributed by atoms with Gasteiger partial charge < -0.3 is 4.90 Å². The molecule has 3 nitrogen and oxygen atoms in total. The number of likely N-dealkylation sites (tertiary alicyclic amines) is 2. The summed E-state index contributed by atoms with van der Waals surface area (Å²) in [7, 11) is 0. The van der Waals surface area contributed by atoms with Crippen LogP contribution < -0.4 is 0 Å². The Bertz CT molecular complexity index is 244.